The first-order valence-corrected chi connectivity index (χ1v) is 10.7. The lowest BCUT2D eigenvalue weighted by Gasteiger charge is -2.70. The van der Waals surface area contributed by atoms with Crippen LogP contribution in [0.3, 0.4) is 0 Å². The van der Waals surface area contributed by atoms with Crippen LogP contribution in [0, 0.1) is 6.92 Å². The normalized spacial score (nSPS) is 23.5. The highest BCUT2D eigenvalue weighted by Crippen LogP contribution is 2.61. The number of carbonyl (C=O) groups is 1. The van der Waals surface area contributed by atoms with Gasteiger partial charge in [0.05, 0.1) is 0 Å². The molecule has 9 heteroatoms. The molecule has 3 aliphatic carbocycles. The number of rotatable bonds is 7. The van der Waals surface area contributed by atoms with Crippen molar-refractivity contribution in [3.05, 3.63) is 58.1 Å². The maximum absolute atomic E-state index is 12.3. The molecule has 160 valence electrons. The predicted molar refractivity (Wildman–Crippen MR) is 118 cm³/mol. The van der Waals surface area contributed by atoms with Gasteiger partial charge in [0.2, 0.25) is 5.89 Å². The fourth-order valence-electron chi connectivity index (χ4n) is 4.45. The van der Waals surface area contributed by atoms with Crippen molar-refractivity contribution in [3.63, 3.8) is 0 Å². The number of aryl methyl sites for hydroxylation is 1. The molecule has 3 aromatic rings. The van der Waals surface area contributed by atoms with E-state index in [2.05, 4.69) is 20.8 Å². The molecular formula is C22H20Cl2N4O3. The number of nitrogens with zero attached hydrogens (tertiary/aromatic N) is 2. The third kappa shape index (κ3) is 3.95. The maximum Gasteiger partial charge on any atom is 0.316 e. The highest BCUT2D eigenvalue weighted by atomic mass is 35.5. The van der Waals surface area contributed by atoms with Crippen molar-refractivity contribution in [2.45, 2.75) is 37.3 Å². The number of amides is 1. The molecule has 1 heterocycles. The summed E-state index contributed by atoms with van der Waals surface area (Å²) >= 11 is 11.9. The van der Waals surface area contributed by atoms with Crippen LogP contribution in [0.4, 0.5) is 6.01 Å². The molecule has 7 nitrogen and oxygen atoms in total. The quantitative estimate of drug-likeness (QED) is 0.536. The van der Waals surface area contributed by atoms with E-state index < -0.39 is 0 Å². The molecule has 3 fully saturated rings. The lowest BCUT2D eigenvalue weighted by atomic mass is 9.44. The first-order valence-electron chi connectivity index (χ1n) is 9.91. The first kappa shape index (κ1) is 20.2. The Balaban J connectivity index is 1.11. The van der Waals surface area contributed by atoms with E-state index in [1.165, 1.54) is 0 Å². The fourth-order valence-corrected chi connectivity index (χ4v) is 4.69. The molecule has 0 unspecified atom stereocenters. The van der Waals surface area contributed by atoms with Gasteiger partial charge in [-0.1, -0.05) is 28.3 Å². The van der Waals surface area contributed by atoms with Gasteiger partial charge in [0.15, 0.2) is 6.61 Å². The highest BCUT2D eigenvalue weighted by molar-refractivity contribution is 6.31. The number of benzene rings is 2. The van der Waals surface area contributed by atoms with Crippen molar-refractivity contribution in [1.29, 1.82) is 0 Å². The van der Waals surface area contributed by atoms with Gasteiger partial charge in [-0.25, -0.2) is 0 Å². The standard InChI is InChI=1S/C22H20Cl2N4O3/c1-13-8-16(6-7-17(13)24)30-9-18(29)25-21-10-22(11-21,12-21)26-20-28-27-19(31-20)14-2-4-15(23)5-3-14/h2-8H,9-12H2,1H3,(H,25,29)(H,26,28). The minimum absolute atomic E-state index is 0.0304. The number of carbonyl (C=O) groups excluding carboxylic acids is 1. The number of hydrogen-bond donors (Lipinski definition) is 2. The minimum Gasteiger partial charge on any atom is -0.484 e. The van der Waals surface area contributed by atoms with Gasteiger partial charge in [0.25, 0.3) is 5.91 Å². The van der Waals surface area contributed by atoms with Crippen LogP contribution in [0.15, 0.2) is 46.9 Å². The van der Waals surface area contributed by atoms with Gasteiger partial charge in [0.1, 0.15) is 5.75 Å². The monoisotopic (exact) mass is 458 g/mol. The summed E-state index contributed by atoms with van der Waals surface area (Å²) in [6.07, 6.45) is 2.43. The van der Waals surface area contributed by atoms with Gasteiger partial charge in [0, 0.05) is 26.7 Å². The van der Waals surface area contributed by atoms with Crippen LogP contribution in [-0.2, 0) is 4.79 Å². The molecule has 0 saturated heterocycles. The molecule has 0 aliphatic heterocycles. The summed E-state index contributed by atoms with van der Waals surface area (Å²) in [5.41, 5.74) is 1.43. The molecular weight excluding hydrogens is 439 g/mol. The topological polar surface area (TPSA) is 89.3 Å². The van der Waals surface area contributed by atoms with Crippen molar-refractivity contribution in [2.75, 3.05) is 11.9 Å². The second-order valence-electron chi connectivity index (χ2n) is 8.38. The first-order chi connectivity index (χ1) is 14.8. The van der Waals surface area contributed by atoms with Gasteiger partial charge in [-0.15, -0.1) is 5.10 Å². The van der Waals surface area contributed by atoms with E-state index in [9.17, 15) is 4.79 Å². The van der Waals surface area contributed by atoms with Gasteiger partial charge < -0.3 is 19.8 Å². The molecule has 0 spiro atoms. The number of aromatic nitrogens is 2. The Morgan fingerprint density at radius 1 is 1.10 bits per heavy atom. The Morgan fingerprint density at radius 2 is 1.84 bits per heavy atom. The molecule has 3 aliphatic rings. The molecule has 2 aromatic carbocycles. The number of nitrogens with one attached hydrogen (secondary N) is 2. The summed E-state index contributed by atoms with van der Waals surface area (Å²) in [4.78, 5) is 12.3. The van der Waals surface area contributed by atoms with Gasteiger partial charge >= 0.3 is 6.01 Å². The minimum atomic E-state index is -0.178. The summed E-state index contributed by atoms with van der Waals surface area (Å²) in [5.74, 6) is 0.924. The SMILES string of the molecule is Cc1cc(OCC(=O)NC23CC(Nc4nnc(-c5ccc(Cl)cc5)o4)(C2)C3)ccc1Cl. The van der Waals surface area contributed by atoms with Gasteiger partial charge in [-0.05, 0) is 74.2 Å². The fraction of sp³-hybridized carbons (Fsp3) is 0.318. The van der Waals surface area contributed by atoms with Crippen molar-refractivity contribution in [3.8, 4) is 17.2 Å². The Kier molecular flexibility index (Phi) is 4.83. The van der Waals surface area contributed by atoms with E-state index in [1.807, 2.05) is 25.1 Å². The highest BCUT2D eigenvalue weighted by Gasteiger charge is 2.69. The molecule has 2 N–H and O–H groups in total. The van der Waals surface area contributed by atoms with Crippen LogP contribution in [0.1, 0.15) is 24.8 Å². The number of ether oxygens (including phenoxy) is 1. The number of hydrogen-bond acceptors (Lipinski definition) is 6. The van der Waals surface area contributed by atoms with E-state index in [-0.39, 0.29) is 23.6 Å². The summed E-state index contributed by atoms with van der Waals surface area (Å²) < 4.78 is 11.3. The number of halogens is 2. The Morgan fingerprint density at radius 3 is 2.55 bits per heavy atom. The zero-order valence-electron chi connectivity index (χ0n) is 16.7. The summed E-state index contributed by atoms with van der Waals surface area (Å²) in [7, 11) is 0. The van der Waals surface area contributed by atoms with E-state index in [1.54, 1.807) is 24.3 Å². The molecule has 1 amide bonds. The average molecular weight is 459 g/mol. The van der Waals surface area contributed by atoms with Crippen molar-refractivity contribution in [2.24, 2.45) is 0 Å². The van der Waals surface area contributed by atoms with Crippen molar-refractivity contribution in [1.82, 2.24) is 15.5 Å². The van der Waals surface area contributed by atoms with Gasteiger partial charge in [-0.3, -0.25) is 4.79 Å². The zero-order chi connectivity index (χ0) is 21.6. The van der Waals surface area contributed by atoms with E-state index >= 15 is 0 Å². The van der Waals surface area contributed by atoms with Crippen LogP contribution in [0.25, 0.3) is 11.5 Å². The Hall–Kier alpha value is -2.77. The molecule has 1 aromatic heterocycles. The molecule has 0 atom stereocenters. The second-order valence-corrected chi connectivity index (χ2v) is 9.23. The third-order valence-corrected chi connectivity index (χ3v) is 6.50. The summed E-state index contributed by atoms with van der Waals surface area (Å²) in [6.45, 7) is 1.86. The lowest BCUT2D eigenvalue weighted by molar-refractivity contribution is -0.135. The van der Waals surface area contributed by atoms with Crippen molar-refractivity contribution < 1.29 is 13.9 Å². The van der Waals surface area contributed by atoms with E-state index in [4.69, 9.17) is 32.4 Å². The van der Waals surface area contributed by atoms with Crippen LogP contribution in [0.5, 0.6) is 5.75 Å². The molecule has 6 rings (SSSR count). The average Bonchev–Trinajstić information content (AvgIpc) is 3.15. The smallest absolute Gasteiger partial charge is 0.316 e. The Bertz CT molecular complexity index is 1130. The summed E-state index contributed by atoms with van der Waals surface area (Å²) in [6, 6.07) is 12.9. The summed E-state index contributed by atoms with van der Waals surface area (Å²) in [5, 5.41) is 15.9. The molecule has 3 saturated carbocycles. The molecule has 31 heavy (non-hydrogen) atoms. The third-order valence-electron chi connectivity index (χ3n) is 5.82. The largest absolute Gasteiger partial charge is 0.484 e. The number of anilines is 1. The van der Waals surface area contributed by atoms with Crippen LogP contribution < -0.4 is 15.4 Å². The Labute approximate surface area is 189 Å². The van der Waals surface area contributed by atoms with Gasteiger partial charge in [-0.2, -0.15) is 0 Å². The van der Waals surface area contributed by atoms with E-state index in [0.717, 1.165) is 30.4 Å². The molecule has 0 radical (unpaired) electrons. The van der Waals surface area contributed by atoms with Crippen LogP contribution >= 0.6 is 23.2 Å². The predicted octanol–water partition coefficient (Wildman–Crippen LogP) is 4.63. The maximum atomic E-state index is 12.3. The van der Waals surface area contributed by atoms with Crippen molar-refractivity contribution >= 4 is 35.1 Å². The van der Waals surface area contributed by atoms with Crippen LogP contribution in [0.2, 0.25) is 10.0 Å². The lowest BCUT2D eigenvalue weighted by Crippen LogP contribution is -2.81. The van der Waals surface area contributed by atoms with E-state index in [0.29, 0.717) is 27.7 Å². The second kappa shape index (κ2) is 7.43. The zero-order valence-corrected chi connectivity index (χ0v) is 18.3. The molecule has 2 bridgehead atoms. The van der Waals surface area contributed by atoms with Crippen LogP contribution in [-0.4, -0.2) is 33.8 Å².